The molecule has 3 unspecified atom stereocenters. The van der Waals surface area contributed by atoms with Crippen molar-refractivity contribution in [1.29, 1.82) is 5.26 Å². The molecule has 2 amide bonds. The third kappa shape index (κ3) is 2.99. The van der Waals surface area contributed by atoms with Gasteiger partial charge in [0, 0.05) is 34.8 Å². The predicted molar refractivity (Wildman–Crippen MR) is 78.8 cm³/mol. The summed E-state index contributed by atoms with van der Waals surface area (Å²) >= 11 is 0. The number of anilines is 1. The minimum atomic E-state index is -0.861. The van der Waals surface area contributed by atoms with Gasteiger partial charge >= 0.3 is 6.03 Å². The van der Waals surface area contributed by atoms with Crippen molar-refractivity contribution < 1.29 is 9.00 Å². The molecule has 5 nitrogen and oxygen atoms in total. The van der Waals surface area contributed by atoms with E-state index in [1.165, 1.54) is 0 Å². The highest BCUT2D eigenvalue weighted by Gasteiger charge is 2.32. The standard InChI is InChI=1S/C14H17N3O2S/c1-10-11(2)20(19)8-7-17(10)14(18)16-13-5-3-12(9-15)4-6-13/h3-6,10-11H,7-8H2,1-2H3,(H,16,18). The fourth-order valence-corrected chi connectivity index (χ4v) is 3.50. The molecule has 1 saturated heterocycles. The molecule has 1 heterocycles. The molecule has 1 N–H and O–H groups in total. The summed E-state index contributed by atoms with van der Waals surface area (Å²) < 4.78 is 11.7. The Morgan fingerprint density at radius 3 is 2.65 bits per heavy atom. The lowest BCUT2D eigenvalue weighted by Crippen LogP contribution is -2.53. The van der Waals surface area contributed by atoms with Crippen molar-refractivity contribution >= 4 is 22.5 Å². The van der Waals surface area contributed by atoms with Crippen LogP contribution in [0.15, 0.2) is 24.3 Å². The lowest BCUT2D eigenvalue weighted by Gasteiger charge is -2.37. The molecule has 2 rings (SSSR count). The molecule has 0 radical (unpaired) electrons. The van der Waals surface area contributed by atoms with Crippen LogP contribution < -0.4 is 5.32 Å². The van der Waals surface area contributed by atoms with E-state index in [9.17, 15) is 9.00 Å². The van der Waals surface area contributed by atoms with Crippen LogP contribution >= 0.6 is 0 Å². The molecule has 1 aromatic carbocycles. The normalized spacial score (nSPS) is 25.9. The fraction of sp³-hybridized carbons (Fsp3) is 0.429. The van der Waals surface area contributed by atoms with E-state index >= 15 is 0 Å². The quantitative estimate of drug-likeness (QED) is 0.859. The molecule has 0 aliphatic carbocycles. The smallest absolute Gasteiger partial charge is 0.320 e. The Bertz CT molecular complexity index is 565. The Labute approximate surface area is 121 Å². The van der Waals surface area contributed by atoms with Crippen molar-refractivity contribution in [2.45, 2.75) is 25.1 Å². The van der Waals surface area contributed by atoms with Crippen LogP contribution in [0.3, 0.4) is 0 Å². The van der Waals surface area contributed by atoms with Crippen molar-refractivity contribution in [2.75, 3.05) is 17.6 Å². The van der Waals surface area contributed by atoms with Crippen LogP contribution in [0.5, 0.6) is 0 Å². The van der Waals surface area contributed by atoms with Crippen molar-refractivity contribution in [2.24, 2.45) is 0 Å². The monoisotopic (exact) mass is 291 g/mol. The zero-order chi connectivity index (χ0) is 14.7. The van der Waals surface area contributed by atoms with E-state index in [1.54, 1.807) is 29.2 Å². The van der Waals surface area contributed by atoms with E-state index in [2.05, 4.69) is 5.32 Å². The average Bonchev–Trinajstić information content (AvgIpc) is 2.45. The molecule has 1 aromatic rings. The Balaban J connectivity index is 2.04. The molecule has 1 aliphatic heterocycles. The Kier molecular flexibility index (Phi) is 4.40. The minimum Gasteiger partial charge on any atom is -0.320 e. The third-order valence-electron chi connectivity index (χ3n) is 3.65. The molecule has 0 aromatic heterocycles. The lowest BCUT2D eigenvalue weighted by molar-refractivity contribution is 0.193. The molecule has 20 heavy (non-hydrogen) atoms. The number of benzene rings is 1. The number of rotatable bonds is 1. The first-order valence-electron chi connectivity index (χ1n) is 6.48. The maximum Gasteiger partial charge on any atom is 0.322 e. The zero-order valence-electron chi connectivity index (χ0n) is 11.5. The summed E-state index contributed by atoms with van der Waals surface area (Å²) in [4.78, 5) is 13.9. The van der Waals surface area contributed by atoms with E-state index in [0.29, 0.717) is 23.5 Å². The molecule has 3 atom stereocenters. The maximum absolute atomic E-state index is 12.2. The van der Waals surface area contributed by atoms with E-state index in [-0.39, 0.29) is 17.3 Å². The summed E-state index contributed by atoms with van der Waals surface area (Å²) in [6.07, 6.45) is 0. The maximum atomic E-state index is 12.2. The second-order valence-corrected chi connectivity index (χ2v) is 6.76. The van der Waals surface area contributed by atoms with E-state index in [4.69, 9.17) is 5.26 Å². The first-order chi connectivity index (χ1) is 9.52. The molecule has 0 saturated carbocycles. The molecular weight excluding hydrogens is 274 g/mol. The summed E-state index contributed by atoms with van der Waals surface area (Å²) in [5.74, 6) is 0.520. The van der Waals surface area contributed by atoms with Gasteiger partial charge in [0.2, 0.25) is 0 Å². The van der Waals surface area contributed by atoms with Crippen LogP contribution in [-0.4, -0.2) is 38.7 Å². The van der Waals surface area contributed by atoms with E-state index < -0.39 is 10.8 Å². The second kappa shape index (κ2) is 6.06. The SMILES string of the molecule is CC1C(C)S(=O)CCN1C(=O)Nc1ccc(C#N)cc1. The van der Waals surface area contributed by atoms with Gasteiger partial charge in [0.15, 0.2) is 0 Å². The number of carbonyl (C=O) groups is 1. The number of carbonyl (C=O) groups excluding carboxylic acids is 1. The summed E-state index contributed by atoms with van der Waals surface area (Å²) in [7, 11) is -0.861. The van der Waals surface area contributed by atoms with Gasteiger partial charge in [-0.15, -0.1) is 0 Å². The molecule has 6 heteroatoms. The second-order valence-electron chi connectivity index (χ2n) is 4.84. The Morgan fingerprint density at radius 1 is 1.40 bits per heavy atom. The van der Waals surface area contributed by atoms with Crippen molar-refractivity contribution in [3.8, 4) is 6.07 Å². The Morgan fingerprint density at radius 2 is 2.05 bits per heavy atom. The van der Waals surface area contributed by atoms with Crippen molar-refractivity contribution in [3.63, 3.8) is 0 Å². The Hall–Kier alpha value is -1.87. The molecule has 1 aliphatic rings. The highest BCUT2D eigenvalue weighted by Crippen LogP contribution is 2.18. The van der Waals surface area contributed by atoms with Gasteiger partial charge in [-0.05, 0) is 38.1 Å². The minimum absolute atomic E-state index is 0.0181. The number of nitriles is 1. The van der Waals surface area contributed by atoms with Gasteiger partial charge in [-0.2, -0.15) is 5.26 Å². The highest BCUT2D eigenvalue weighted by molar-refractivity contribution is 7.85. The van der Waals surface area contributed by atoms with Gasteiger partial charge in [-0.3, -0.25) is 4.21 Å². The molecule has 106 valence electrons. The molecule has 0 bridgehead atoms. The highest BCUT2D eigenvalue weighted by atomic mass is 32.2. The molecule has 0 spiro atoms. The van der Waals surface area contributed by atoms with Crippen LogP contribution in [0, 0.1) is 11.3 Å². The van der Waals surface area contributed by atoms with Gasteiger partial charge in [0.05, 0.1) is 16.9 Å². The first kappa shape index (κ1) is 14.5. The van der Waals surface area contributed by atoms with Crippen LogP contribution in [0.2, 0.25) is 0 Å². The number of hydrogen-bond acceptors (Lipinski definition) is 3. The van der Waals surface area contributed by atoms with Crippen molar-refractivity contribution in [1.82, 2.24) is 4.90 Å². The van der Waals surface area contributed by atoms with Gasteiger partial charge in [0.25, 0.3) is 0 Å². The number of amides is 2. The van der Waals surface area contributed by atoms with Gasteiger partial charge in [-0.1, -0.05) is 0 Å². The molecular formula is C14H17N3O2S. The largest absolute Gasteiger partial charge is 0.322 e. The van der Waals surface area contributed by atoms with Gasteiger partial charge in [-0.25, -0.2) is 4.79 Å². The van der Waals surface area contributed by atoms with Crippen LogP contribution in [0.1, 0.15) is 19.4 Å². The van der Waals surface area contributed by atoms with E-state index in [1.807, 2.05) is 19.9 Å². The number of hydrogen-bond donors (Lipinski definition) is 1. The summed E-state index contributed by atoms with van der Waals surface area (Å²) in [6.45, 7) is 4.32. The summed E-state index contributed by atoms with van der Waals surface area (Å²) in [5, 5.41) is 11.5. The number of urea groups is 1. The van der Waals surface area contributed by atoms with Crippen LogP contribution in [-0.2, 0) is 10.8 Å². The van der Waals surface area contributed by atoms with Crippen LogP contribution in [0.4, 0.5) is 10.5 Å². The van der Waals surface area contributed by atoms with Crippen molar-refractivity contribution in [3.05, 3.63) is 29.8 Å². The molecule has 1 fully saturated rings. The van der Waals surface area contributed by atoms with Crippen LogP contribution in [0.25, 0.3) is 0 Å². The van der Waals surface area contributed by atoms with Gasteiger partial charge in [0.1, 0.15) is 0 Å². The lowest BCUT2D eigenvalue weighted by atomic mass is 10.2. The summed E-state index contributed by atoms with van der Waals surface area (Å²) in [6, 6.07) is 8.51. The fourth-order valence-electron chi connectivity index (χ4n) is 2.16. The average molecular weight is 291 g/mol. The topological polar surface area (TPSA) is 73.2 Å². The number of nitrogens with one attached hydrogen (secondary N) is 1. The predicted octanol–water partition coefficient (Wildman–Crippen LogP) is 1.93. The van der Waals surface area contributed by atoms with E-state index in [0.717, 1.165) is 0 Å². The third-order valence-corrected chi connectivity index (χ3v) is 5.45. The number of nitrogens with zero attached hydrogens (tertiary/aromatic N) is 2. The zero-order valence-corrected chi connectivity index (χ0v) is 12.3. The summed E-state index contributed by atoms with van der Waals surface area (Å²) in [5.41, 5.74) is 1.21. The van der Waals surface area contributed by atoms with Gasteiger partial charge < -0.3 is 10.2 Å². The first-order valence-corrected chi connectivity index (χ1v) is 7.86.